The van der Waals surface area contributed by atoms with Gasteiger partial charge in [0.2, 0.25) is 0 Å². The number of pyridine rings is 1. The Bertz CT molecular complexity index is 712. The molecule has 3 heterocycles. The van der Waals surface area contributed by atoms with Gasteiger partial charge in [0.05, 0.1) is 18.4 Å². The first kappa shape index (κ1) is 18.7. The van der Waals surface area contributed by atoms with E-state index in [1.54, 1.807) is 25.2 Å². The topological polar surface area (TPSA) is 54.4 Å². The molecule has 0 aliphatic carbocycles. The number of halogens is 1. The largest absolute Gasteiger partial charge is 0.373 e. The Morgan fingerprint density at radius 1 is 1.19 bits per heavy atom. The zero-order chi connectivity index (χ0) is 18.5. The smallest absolute Gasteiger partial charge is 0.183 e. The van der Waals surface area contributed by atoms with Gasteiger partial charge < -0.3 is 9.64 Å². The van der Waals surface area contributed by atoms with Crippen LogP contribution in [0.3, 0.4) is 0 Å². The van der Waals surface area contributed by atoms with Crippen molar-refractivity contribution in [3.63, 3.8) is 0 Å². The summed E-state index contributed by atoms with van der Waals surface area (Å²) in [5, 5.41) is 0. The van der Waals surface area contributed by atoms with Crippen LogP contribution in [0.1, 0.15) is 24.2 Å². The molecule has 2 atom stereocenters. The van der Waals surface area contributed by atoms with Crippen molar-refractivity contribution in [1.82, 2.24) is 19.9 Å². The summed E-state index contributed by atoms with van der Waals surface area (Å²) in [4.78, 5) is 16.5. The number of nitrogens with zero attached hydrogens (tertiary/aromatic N) is 5. The lowest BCUT2D eigenvalue weighted by molar-refractivity contribution is 0.0258. The van der Waals surface area contributed by atoms with Gasteiger partial charge in [0.1, 0.15) is 5.82 Å². The third-order valence-corrected chi connectivity index (χ3v) is 4.50. The second kappa shape index (κ2) is 8.51. The van der Waals surface area contributed by atoms with Gasteiger partial charge in [-0.25, -0.2) is 14.4 Å². The zero-order valence-electron chi connectivity index (χ0n) is 15.6. The lowest BCUT2D eigenvalue weighted by atomic mass is 10.1. The number of hydrogen-bond donors (Lipinski definition) is 0. The van der Waals surface area contributed by atoms with Crippen molar-refractivity contribution in [2.75, 3.05) is 32.6 Å². The molecular formula is C19H26FN5O. The fraction of sp³-hybridized carbons (Fsp3) is 0.526. The van der Waals surface area contributed by atoms with E-state index in [0.717, 1.165) is 25.9 Å². The van der Waals surface area contributed by atoms with Crippen LogP contribution in [0.2, 0.25) is 0 Å². The van der Waals surface area contributed by atoms with Crippen LogP contribution in [0.4, 0.5) is 10.2 Å². The fourth-order valence-corrected chi connectivity index (χ4v) is 3.29. The van der Waals surface area contributed by atoms with E-state index in [1.165, 1.54) is 11.8 Å². The Balaban J connectivity index is 1.50. The molecule has 0 amide bonds. The lowest BCUT2D eigenvalue weighted by Gasteiger charge is -2.21. The van der Waals surface area contributed by atoms with E-state index >= 15 is 0 Å². The highest BCUT2D eigenvalue weighted by atomic mass is 19.1. The second-order valence-electron chi connectivity index (χ2n) is 7.07. The Morgan fingerprint density at radius 3 is 2.73 bits per heavy atom. The lowest BCUT2D eigenvalue weighted by Crippen LogP contribution is -2.29. The van der Waals surface area contributed by atoms with Crippen LogP contribution in [0.15, 0.2) is 30.7 Å². The zero-order valence-corrected chi connectivity index (χ0v) is 15.6. The van der Waals surface area contributed by atoms with Crippen molar-refractivity contribution < 1.29 is 9.13 Å². The number of likely N-dealkylation sites (N-methyl/N-ethyl adjacent to an activating group) is 1. The normalized spacial score (nSPS) is 19.9. The molecule has 0 unspecified atom stereocenters. The minimum atomic E-state index is -0.402. The van der Waals surface area contributed by atoms with Gasteiger partial charge in [-0.1, -0.05) is 6.07 Å². The van der Waals surface area contributed by atoms with E-state index in [0.29, 0.717) is 18.1 Å². The summed E-state index contributed by atoms with van der Waals surface area (Å²) in [6, 6.07) is 4.03. The average Bonchev–Trinajstić information content (AvgIpc) is 3.04. The first-order valence-corrected chi connectivity index (χ1v) is 8.93. The summed E-state index contributed by atoms with van der Waals surface area (Å²) in [5.41, 5.74) is 1.19. The van der Waals surface area contributed by atoms with E-state index in [9.17, 15) is 4.39 Å². The molecule has 3 rings (SSSR count). The highest BCUT2D eigenvalue weighted by molar-refractivity contribution is 5.36. The molecule has 0 spiro atoms. The monoisotopic (exact) mass is 359 g/mol. The van der Waals surface area contributed by atoms with Gasteiger partial charge >= 0.3 is 0 Å². The highest BCUT2D eigenvalue weighted by Gasteiger charge is 2.27. The summed E-state index contributed by atoms with van der Waals surface area (Å²) in [7, 11) is 5.64. The molecule has 1 aliphatic rings. The molecule has 0 aromatic carbocycles. The van der Waals surface area contributed by atoms with Crippen LogP contribution in [0, 0.1) is 5.82 Å². The molecule has 2 aromatic heterocycles. The predicted molar refractivity (Wildman–Crippen MR) is 98.5 cm³/mol. The number of hydrogen-bond acceptors (Lipinski definition) is 6. The van der Waals surface area contributed by atoms with Gasteiger partial charge in [-0.3, -0.25) is 9.88 Å². The SMILES string of the molecule is CN(Cc1cccnc1)C[C@H]1CC[C@@H](Cc2ncc(F)c(N(C)C)n2)O1. The van der Waals surface area contributed by atoms with Gasteiger partial charge in [0, 0.05) is 46.0 Å². The fourth-order valence-electron chi connectivity index (χ4n) is 3.29. The average molecular weight is 359 g/mol. The third kappa shape index (κ3) is 4.95. The quantitative estimate of drug-likeness (QED) is 0.756. The van der Waals surface area contributed by atoms with E-state index in [-0.39, 0.29) is 12.2 Å². The minimum absolute atomic E-state index is 0.0901. The van der Waals surface area contributed by atoms with Crippen LogP contribution < -0.4 is 4.90 Å². The Hall–Kier alpha value is -2.12. The van der Waals surface area contributed by atoms with Crippen LogP contribution in [0.5, 0.6) is 0 Å². The molecule has 0 bridgehead atoms. The van der Waals surface area contributed by atoms with E-state index < -0.39 is 5.82 Å². The Kier molecular flexibility index (Phi) is 6.11. The molecule has 140 valence electrons. The summed E-state index contributed by atoms with van der Waals surface area (Å²) in [5.74, 6) is 0.547. The van der Waals surface area contributed by atoms with E-state index in [1.807, 2.05) is 12.3 Å². The molecule has 1 fully saturated rings. The van der Waals surface area contributed by atoms with Crippen molar-refractivity contribution in [3.05, 3.63) is 47.9 Å². The standard InChI is InChI=1S/C19H26FN5O/c1-24(2)19-17(20)11-22-18(23-19)9-15-6-7-16(26-15)13-25(3)12-14-5-4-8-21-10-14/h4-5,8,10-11,15-16H,6-7,9,12-13H2,1-3H3/t15-,16+/m0/s1. The van der Waals surface area contributed by atoms with Crippen molar-refractivity contribution in [2.45, 2.75) is 38.0 Å². The van der Waals surface area contributed by atoms with Gasteiger partial charge in [0.25, 0.3) is 0 Å². The third-order valence-electron chi connectivity index (χ3n) is 4.50. The van der Waals surface area contributed by atoms with E-state index in [2.05, 4.69) is 33.0 Å². The van der Waals surface area contributed by atoms with Crippen LogP contribution in [0.25, 0.3) is 0 Å². The molecule has 7 heteroatoms. The molecule has 2 aromatic rings. The molecule has 1 saturated heterocycles. The second-order valence-corrected chi connectivity index (χ2v) is 7.07. The number of anilines is 1. The minimum Gasteiger partial charge on any atom is -0.373 e. The van der Waals surface area contributed by atoms with Crippen LogP contribution in [-0.2, 0) is 17.7 Å². The first-order chi connectivity index (χ1) is 12.5. The molecule has 6 nitrogen and oxygen atoms in total. The molecule has 0 saturated carbocycles. The van der Waals surface area contributed by atoms with Crippen molar-refractivity contribution >= 4 is 5.82 Å². The van der Waals surface area contributed by atoms with Crippen LogP contribution >= 0.6 is 0 Å². The van der Waals surface area contributed by atoms with E-state index in [4.69, 9.17) is 4.74 Å². The summed E-state index contributed by atoms with van der Waals surface area (Å²) in [6.45, 7) is 1.73. The maximum Gasteiger partial charge on any atom is 0.183 e. The molecule has 0 radical (unpaired) electrons. The Morgan fingerprint density at radius 2 is 2.00 bits per heavy atom. The van der Waals surface area contributed by atoms with Crippen LogP contribution in [-0.4, -0.2) is 59.7 Å². The number of aromatic nitrogens is 3. The Labute approximate surface area is 154 Å². The van der Waals surface area contributed by atoms with Gasteiger partial charge in [0.15, 0.2) is 11.6 Å². The van der Waals surface area contributed by atoms with Crippen molar-refractivity contribution in [3.8, 4) is 0 Å². The summed E-state index contributed by atoms with van der Waals surface area (Å²) in [6.07, 6.45) is 7.82. The predicted octanol–water partition coefficient (Wildman–Crippen LogP) is 2.30. The number of rotatable bonds is 7. The van der Waals surface area contributed by atoms with Crippen molar-refractivity contribution in [1.29, 1.82) is 0 Å². The summed E-state index contributed by atoms with van der Waals surface area (Å²) >= 11 is 0. The first-order valence-electron chi connectivity index (χ1n) is 8.93. The maximum atomic E-state index is 13.7. The van der Waals surface area contributed by atoms with Gasteiger partial charge in [-0.2, -0.15) is 0 Å². The number of ether oxygens (including phenoxy) is 1. The molecule has 26 heavy (non-hydrogen) atoms. The van der Waals surface area contributed by atoms with Gasteiger partial charge in [-0.15, -0.1) is 0 Å². The van der Waals surface area contributed by atoms with Gasteiger partial charge in [-0.05, 0) is 31.5 Å². The maximum absolute atomic E-state index is 13.7. The van der Waals surface area contributed by atoms with Crippen molar-refractivity contribution in [2.24, 2.45) is 0 Å². The molecule has 1 aliphatic heterocycles. The highest BCUT2D eigenvalue weighted by Crippen LogP contribution is 2.24. The molecule has 0 N–H and O–H groups in total. The summed E-state index contributed by atoms with van der Waals surface area (Å²) < 4.78 is 19.9. The molecular weight excluding hydrogens is 333 g/mol.